The summed E-state index contributed by atoms with van der Waals surface area (Å²) < 4.78 is 4.77. The van der Waals surface area contributed by atoms with Crippen LogP contribution in [-0.2, 0) is 14.3 Å². The molecule has 1 unspecified atom stereocenters. The van der Waals surface area contributed by atoms with Crippen molar-refractivity contribution in [3.63, 3.8) is 0 Å². The van der Waals surface area contributed by atoms with Gasteiger partial charge in [0.25, 0.3) is 0 Å². The average Bonchev–Trinajstić information content (AvgIpc) is 2.12. The molecule has 0 aliphatic carbocycles. The second-order valence-electron chi connectivity index (χ2n) is 2.22. The van der Waals surface area contributed by atoms with Gasteiger partial charge in [-0.3, -0.25) is 14.5 Å². The third-order valence-corrected chi connectivity index (χ3v) is 1.87. The molecule has 0 spiro atoms. The Morgan fingerprint density at radius 1 is 1.75 bits per heavy atom. The molecule has 0 rings (SSSR count). The maximum Gasteiger partial charge on any atom is 0.318 e. The Bertz CT molecular complexity index is 163. The molecule has 4 nitrogen and oxygen atoms in total. The number of esters is 1. The average molecular weight is 238 g/mol. The number of alkyl halides is 1. The normalized spacial score (nSPS) is 12.7. The minimum atomic E-state index is -0.764. The molecule has 1 atom stereocenters. The smallest absolute Gasteiger partial charge is 0.318 e. The van der Waals surface area contributed by atoms with Crippen molar-refractivity contribution in [3.8, 4) is 0 Å². The molecule has 12 heavy (non-hydrogen) atoms. The molecular weight excluding hydrogens is 226 g/mol. The molecule has 0 amide bonds. The van der Waals surface area contributed by atoms with Gasteiger partial charge in [-0.05, 0) is 13.6 Å². The van der Waals surface area contributed by atoms with Crippen molar-refractivity contribution in [2.24, 2.45) is 0 Å². The Hall–Kier alpha value is -0.420. The number of nitrogens with zero attached hydrogens (tertiary/aromatic N) is 1. The standard InChI is InChI=1S/C7H12BrNO3/c1-3-9(2)6(5-10)12-7(11)4-8/h5-6H,3-4H2,1-2H3. The van der Waals surface area contributed by atoms with Crippen molar-refractivity contribution in [1.29, 1.82) is 0 Å². The molecule has 0 bridgehead atoms. The monoisotopic (exact) mass is 237 g/mol. The zero-order chi connectivity index (χ0) is 9.56. The lowest BCUT2D eigenvalue weighted by Crippen LogP contribution is -2.37. The molecule has 0 N–H and O–H groups in total. The molecule has 0 saturated carbocycles. The fraction of sp³-hybridized carbons (Fsp3) is 0.714. The second-order valence-corrected chi connectivity index (χ2v) is 2.78. The van der Waals surface area contributed by atoms with Gasteiger partial charge in [-0.1, -0.05) is 22.9 Å². The van der Waals surface area contributed by atoms with Crippen LogP contribution in [-0.4, -0.2) is 42.3 Å². The third-order valence-electron chi connectivity index (χ3n) is 1.41. The van der Waals surface area contributed by atoms with E-state index in [2.05, 4.69) is 15.9 Å². The van der Waals surface area contributed by atoms with Gasteiger partial charge in [0.05, 0.1) is 0 Å². The maximum absolute atomic E-state index is 10.7. The zero-order valence-corrected chi connectivity index (χ0v) is 8.70. The summed E-state index contributed by atoms with van der Waals surface area (Å²) in [7, 11) is 1.71. The first kappa shape index (κ1) is 11.6. The lowest BCUT2D eigenvalue weighted by Gasteiger charge is -2.20. The van der Waals surface area contributed by atoms with Gasteiger partial charge in [0.1, 0.15) is 5.33 Å². The summed E-state index contributed by atoms with van der Waals surface area (Å²) in [5, 5.41) is 0.106. The first-order chi connectivity index (χ1) is 5.65. The SMILES string of the molecule is CCN(C)C(C=O)OC(=O)CBr. The van der Waals surface area contributed by atoms with Crippen LogP contribution in [0, 0.1) is 0 Å². The number of hydrogen-bond donors (Lipinski definition) is 0. The van der Waals surface area contributed by atoms with Gasteiger partial charge in [-0.2, -0.15) is 0 Å². The van der Waals surface area contributed by atoms with Gasteiger partial charge in [0.15, 0.2) is 6.29 Å². The first-order valence-corrected chi connectivity index (χ1v) is 4.68. The van der Waals surface area contributed by atoms with Gasteiger partial charge in [-0.25, -0.2) is 0 Å². The van der Waals surface area contributed by atoms with Crippen LogP contribution in [0.5, 0.6) is 0 Å². The van der Waals surface area contributed by atoms with E-state index in [-0.39, 0.29) is 5.33 Å². The molecule has 0 aromatic rings. The predicted molar refractivity (Wildman–Crippen MR) is 48.0 cm³/mol. The molecular formula is C7H12BrNO3. The highest BCUT2D eigenvalue weighted by atomic mass is 79.9. The van der Waals surface area contributed by atoms with Gasteiger partial charge < -0.3 is 4.74 Å². The number of ether oxygens (including phenoxy) is 1. The Morgan fingerprint density at radius 2 is 2.33 bits per heavy atom. The van der Waals surface area contributed by atoms with Crippen molar-refractivity contribution in [2.75, 3.05) is 18.9 Å². The Balaban J connectivity index is 3.98. The van der Waals surface area contributed by atoms with E-state index < -0.39 is 12.2 Å². The highest BCUT2D eigenvalue weighted by Crippen LogP contribution is 1.97. The molecule has 0 aromatic carbocycles. The molecule has 70 valence electrons. The van der Waals surface area contributed by atoms with E-state index in [1.807, 2.05) is 6.92 Å². The van der Waals surface area contributed by atoms with E-state index in [0.29, 0.717) is 12.8 Å². The molecule has 0 aliphatic heterocycles. The van der Waals surface area contributed by atoms with Crippen LogP contribution in [0.15, 0.2) is 0 Å². The summed E-state index contributed by atoms with van der Waals surface area (Å²) in [5.41, 5.74) is 0. The van der Waals surface area contributed by atoms with Crippen molar-refractivity contribution < 1.29 is 14.3 Å². The molecule has 0 radical (unpaired) electrons. The maximum atomic E-state index is 10.7. The van der Waals surface area contributed by atoms with Crippen molar-refractivity contribution >= 4 is 28.2 Å². The number of carbonyl (C=O) groups excluding carboxylic acids is 2. The number of carbonyl (C=O) groups is 2. The summed E-state index contributed by atoms with van der Waals surface area (Å²) >= 11 is 2.93. The predicted octanol–water partition coefficient (Wildman–Crippen LogP) is 0.401. The van der Waals surface area contributed by atoms with Crippen LogP contribution >= 0.6 is 15.9 Å². The minimum absolute atomic E-state index is 0.106. The number of aldehydes is 1. The Morgan fingerprint density at radius 3 is 2.67 bits per heavy atom. The lowest BCUT2D eigenvalue weighted by molar-refractivity contribution is -0.157. The summed E-state index contributed by atoms with van der Waals surface area (Å²) in [6, 6.07) is 0. The quantitative estimate of drug-likeness (QED) is 0.301. The zero-order valence-electron chi connectivity index (χ0n) is 7.12. The summed E-state index contributed by atoms with van der Waals surface area (Å²) in [5.74, 6) is -0.438. The molecule has 0 saturated heterocycles. The summed E-state index contributed by atoms with van der Waals surface area (Å²) in [6.45, 7) is 2.53. The van der Waals surface area contributed by atoms with Crippen LogP contribution < -0.4 is 0 Å². The van der Waals surface area contributed by atoms with Gasteiger partial charge in [0.2, 0.25) is 6.23 Å². The van der Waals surface area contributed by atoms with E-state index in [1.165, 1.54) is 0 Å². The van der Waals surface area contributed by atoms with Crippen LogP contribution in [0.2, 0.25) is 0 Å². The van der Waals surface area contributed by atoms with Crippen molar-refractivity contribution in [3.05, 3.63) is 0 Å². The van der Waals surface area contributed by atoms with Gasteiger partial charge >= 0.3 is 5.97 Å². The molecule has 0 aromatic heterocycles. The molecule has 0 heterocycles. The number of hydrogen-bond acceptors (Lipinski definition) is 4. The van der Waals surface area contributed by atoms with E-state index in [0.717, 1.165) is 0 Å². The van der Waals surface area contributed by atoms with Gasteiger partial charge in [-0.15, -0.1) is 0 Å². The third kappa shape index (κ3) is 3.82. The molecule has 0 aliphatic rings. The van der Waals surface area contributed by atoms with E-state index in [4.69, 9.17) is 4.74 Å². The van der Waals surface area contributed by atoms with Crippen molar-refractivity contribution in [2.45, 2.75) is 13.2 Å². The second kappa shape index (κ2) is 6.14. The van der Waals surface area contributed by atoms with E-state index in [1.54, 1.807) is 11.9 Å². The highest BCUT2D eigenvalue weighted by molar-refractivity contribution is 9.09. The Labute approximate surface area is 80.0 Å². The van der Waals surface area contributed by atoms with Crippen molar-refractivity contribution in [1.82, 2.24) is 4.90 Å². The van der Waals surface area contributed by atoms with Crippen LogP contribution in [0.25, 0.3) is 0 Å². The molecule has 5 heteroatoms. The number of likely N-dealkylation sites (N-methyl/N-ethyl adjacent to an activating group) is 1. The lowest BCUT2D eigenvalue weighted by atomic mass is 10.5. The van der Waals surface area contributed by atoms with E-state index in [9.17, 15) is 9.59 Å². The van der Waals surface area contributed by atoms with Crippen LogP contribution in [0.1, 0.15) is 6.92 Å². The highest BCUT2D eigenvalue weighted by Gasteiger charge is 2.15. The molecule has 0 fully saturated rings. The van der Waals surface area contributed by atoms with E-state index >= 15 is 0 Å². The fourth-order valence-corrected chi connectivity index (χ4v) is 0.700. The van der Waals surface area contributed by atoms with Crippen LogP contribution in [0.3, 0.4) is 0 Å². The minimum Gasteiger partial charge on any atom is -0.438 e. The summed E-state index contributed by atoms with van der Waals surface area (Å²) in [4.78, 5) is 22.8. The Kier molecular flexibility index (Phi) is 5.92. The summed E-state index contributed by atoms with van der Waals surface area (Å²) in [6.07, 6.45) is -0.163. The number of rotatable bonds is 5. The van der Waals surface area contributed by atoms with Crippen LogP contribution in [0.4, 0.5) is 0 Å². The fourth-order valence-electron chi connectivity index (χ4n) is 0.568. The largest absolute Gasteiger partial charge is 0.438 e. The topological polar surface area (TPSA) is 46.6 Å². The number of halogens is 1. The van der Waals surface area contributed by atoms with Gasteiger partial charge in [0, 0.05) is 0 Å². The first-order valence-electron chi connectivity index (χ1n) is 3.56.